The first-order chi connectivity index (χ1) is 15.8. The van der Waals surface area contributed by atoms with Crippen LogP contribution in [0.25, 0.3) is 11.1 Å². The van der Waals surface area contributed by atoms with Crippen LogP contribution in [-0.2, 0) is 21.2 Å². The van der Waals surface area contributed by atoms with Crippen LogP contribution < -0.4 is 24.2 Å². The summed E-state index contributed by atoms with van der Waals surface area (Å²) >= 11 is 0. The lowest BCUT2D eigenvalue weighted by atomic mass is 10.0. The number of hydrogen-bond acceptors (Lipinski definition) is 8. The molecule has 0 fully saturated rings. The van der Waals surface area contributed by atoms with Crippen LogP contribution in [0.5, 0.6) is 17.2 Å². The van der Waals surface area contributed by atoms with Crippen molar-refractivity contribution in [3.8, 4) is 28.4 Å². The first-order valence-electron chi connectivity index (χ1n) is 10.2. The molecule has 4 rings (SSSR count). The van der Waals surface area contributed by atoms with E-state index in [0.717, 1.165) is 0 Å². The first kappa shape index (κ1) is 22.5. The molecule has 0 aliphatic carbocycles. The van der Waals surface area contributed by atoms with E-state index in [9.17, 15) is 13.2 Å². The van der Waals surface area contributed by atoms with Crippen LogP contribution in [0.15, 0.2) is 45.8 Å². The molecular weight excluding hydrogens is 450 g/mol. The van der Waals surface area contributed by atoms with Crippen LogP contribution in [0.3, 0.4) is 0 Å². The zero-order valence-electron chi connectivity index (χ0n) is 18.3. The van der Waals surface area contributed by atoms with E-state index in [1.165, 1.54) is 26.2 Å². The number of rotatable bonds is 7. The summed E-state index contributed by atoms with van der Waals surface area (Å²) in [6, 6.07) is 9.47. The van der Waals surface area contributed by atoms with Gasteiger partial charge in [0.25, 0.3) is 10.0 Å². The number of benzene rings is 2. The van der Waals surface area contributed by atoms with Gasteiger partial charge in [-0.3, -0.25) is 14.8 Å². The molecule has 0 bridgehead atoms. The molecule has 0 spiro atoms. The standard InChI is InChI=1S/C22H23N3O7S/c1-4-16-21(22(32-24-16)23-13(2)26)14-5-7-18(29-3)20(11-14)33(27,28)25-15-6-8-17-19(12-15)31-10-9-30-17/h5-8,11-12,25H,4,9-10H2,1-3H3,(H,23,26). The molecule has 0 saturated carbocycles. The van der Waals surface area contributed by atoms with E-state index < -0.39 is 10.0 Å². The quantitative estimate of drug-likeness (QED) is 0.534. The van der Waals surface area contributed by atoms with Gasteiger partial charge in [-0.25, -0.2) is 8.42 Å². The molecule has 33 heavy (non-hydrogen) atoms. The Morgan fingerprint density at radius 2 is 1.88 bits per heavy atom. The van der Waals surface area contributed by atoms with Crippen molar-refractivity contribution < 1.29 is 31.9 Å². The average molecular weight is 474 g/mol. The second kappa shape index (κ2) is 9.02. The van der Waals surface area contributed by atoms with Gasteiger partial charge in [0.05, 0.1) is 24.1 Å². The number of aromatic nitrogens is 1. The van der Waals surface area contributed by atoms with E-state index in [4.69, 9.17) is 18.7 Å². The predicted molar refractivity (Wildman–Crippen MR) is 120 cm³/mol. The lowest BCUT2D eigenvalue weighted by Crippen LogP contribution is -2.17. The fourth-order valence-electron chi connectivity index (χ4n) is 3.47. The van der Waals surface area contributed by atoms with Gasteiger partial charge in [0.2, 0.25) is 11.8 Å². The van der Waals surface area contributed by atoms with Gasteiger partial charge >= 0.3 is 0 Å². The Balaban J connectivity index is 1.75. The van der Waals surface area contributed by atoms with Crippen molar-refractivity contribution in [1.29, 1.82) is 0 Å². The number of carbonyl (C=O) groups excluding carboxylic acids is 1. The van der Waals surface area contributed by atoms with Gasteiger partial charge in [0.1, 0.15) is 23.9 Å². The average Bonchev–Trinajstić information content (AvgIpc) is 3.20. The van der Waals surface area contributed by atoms with Crippen molar-refractivity contribution in [3.05, 3.63) is 42.1 Å². The van der Waals surface area contributed by atoms with Gasteiger partial charge in [-0.15, -0.1) is 0 Å². The number of carbonyl (C=O) groups is 1. The van der Waals surface area contributed by atoms with Gasteiger partial charge in [-0.1, -0.05) is 18.1 Å². The number of amides is 1. The zero-order chi connectivity index (χ0) is 23.6. The van der Waals surface area contributed by atoms with E-state index in [1.54, 1.807) is 24.3 Å². The second-order valence-corrected chi connectivity index (χ2v) is 8.85. The van der Waals surface area contributed by atoms with Crippen LogP contribution in [0.4, 0.5) is 11.6 Å². The molecule has 1 aliphatic rings. The van der Waals surface area contributed by atoms with Crippen LogP contribution in [0.2, 0.25) is 0 Å². The van der Waals surface area contributed by atoms with Crippen molar-refractivity contribution >= 4 is 27.5 Å². The summed E-state index contributed by atoms with van der Waals surface area (Å²) < 4.78 is 50.8. The topological polar surface area (TPSA) is 129 Å². The molecule has 0 atom stereocenters. The maximum Gasteiger partial charge on any atom is 0.265 e. The summed E-state index contributed by atoms with van der Waals surface area (Å²) in [4.78, 5) is 11.5. The van der Waals surface area contributed by atoms with E-state index >= 15 is 0 Å². The lowest BCUT2D eigenvalue weighted by Gasteiger charge is -2.19. The SMILES string of the molecule is CCc1noc(NC(C)=O)c1-c1ccc(OC)c(S(=O)(=O)Nc2ccc3c(c2)OCCO3)c1. The number of nitrogens with zero attached hydrogens (tertiary/aromatic N) is 1. The highest BCUT2D eigenvalue weighted by molar-refractivity contribution is 7.92. The molecule has 2 heterocycles. The maximum absolute atomic E-state index is 13.3. The van der Waals surface area contributed by atoms with Crippen molar-refractivity contribution in [1.82, 2.24) is 5.16 Å². The third-order valence-electron chi connectivity index (χ3n) is 4.92. The highest BCUT2D eigenvalue weighted by Crippen LogP contribution is 2.38. The Labute approximate surface area is 190 Å². The summed E-state index contributed by atoms with van der Waals surface area (Å²) in [6.07, 6.45) is 0.516. The first-order valence-corrected chi connectivity index (χ1v) is 11.7. The minimum Gasteiger partial charge on any atom is -0.495 e. The third-order valence-corrected chi connectivity index (χ3v) is 6.33. The fourth-order valence-corrected chi connectivity index (χ4v) is 4.71. The Hall–Kier alpha value is -3.73. The minimum atomic E-state index is -4.06. The zero-order valence-corrected chi connectivity index (χ0v) is 19.1. The summed E-state index contributed by atoms with van der Waals surface area (Å²) in [6.45, 7) is 4.04. The second-order valence-electron chi connectivity index (χ2n) is 7.20. The van der Waals surface area contributed by atoms with Crippen LogP contribution in [-0.4, -0.2) is 39.8 Å². The molecule has 1 aliphatic heterocycles. The summed E-state index contributed by atoms with van der Waals surface area (Å²) in [5.41, 5.74) is 1.89. The van der Waals surface area contributed by atoms with E-state index in [0.29, 0.717) is 53.6 Å². The van der Waals surface area contributed by atoms with Crippen LogP contribution in [0.1, 0.15) is 19.5 Å². The number of fused-ring (bicyclic) bond motifs is 1. The molecule has 0 radical (unpaired) electrons. The molecule has 0 saturated heterocycles. The lowest BCUT2D eigenvalue weighted by molar-refractivity contribution is -0.114. The number of anilines is 2. The van der Waals surface area contributed by atoms with Gasteiger partial charge in [0, 0.05) is 13.0 Å². The van der Waals surface area contributed by atoms with Crippen molar-refractivity contribution in [2.75, 3.05) is 30.4 Å². The smallest absolute Gasteiger partial charge is 0.265 e. The molecule has 1 amide bonds. The monoisotopic (exact) mass is 473 g/mol. The molecule has 2 N–H and O–H groups in total. The number of sulfonamides is 1. The maximum atomic E-state index is 13.3. The van der Waals surface area contributed by atoms with Crippen LogP contribution >= 0.6 is 0 Å². The van der Waals surface area contributed by atoms with E-state index in [-0.39, 0.29) is 22.4 Å². The predicted octanol–water partition coefficient (Wildman–Crippen LogP) is 3.44. The van der Waals surface area contributed by atoms with Crippen LogP contribution in [0, 0.1) is 0 Å². The Morgan fingerprint density at radius 1 is 1.12 bits per heavy atom. The largest absolute Gasteiger partial charge is 0.495 e. The Kier molecular flexibility index (Phi) is 6.14. The van der Waals surface area contributed by atoms with Crippen molar-refractivity contribution in [3.63, 3.8) is 0 Å². The van der Waals surface area contributed by atoms with Crippen molar-refractivity contribution in [2.45, 2.75) is 25.2 Å². The normalized spacial score (nSPS) is 12.8. The van der Waals surface area contributed by atoms with Crippen molar-refractivity contribution in [2.24, 2.45) is 0 Å². The minimum absolute atomic E-state index is 0.0885. The van der Waals surface area contributed by atoms with E-state index in [1.807, 2.05) is 6.92 Å². The molecule has 2 aromatic carbocycles. The molecule has 174 valence electrons. The summed E-state index contributed by atoms with van der Waals surface area (Å²) in [5, 5.41) is 6.59. The highest BCUT2D eigenvalue weighted by Gasteiger charge is 2.25. The van der Waals surface area contributed by atoms with Gasteiger partial charge in [-0.05, 0) is 36.2 Å². The van der Waals surface area contributed by atoms with Gasteiger partial charge in [-0.2, -0.15) is 0 Å². The number of aryl methyl sites for hydroxylation is 1. The molecule has 0 unspecified atom stereocenters. The van der Waals surface area contributed by atoms with Gasteiger partial charge in [0.15, 0.2) is 11.5 Å². The third kappa shape index (κ3) is 4.58. The molecule has 10 nitrogen and oxygen atoms in total. The number of hydrogen-bond donors (Lipinski definition) is 2. The number of ether oxygens (including phenoxy) is 3. The summed E-state index contributed by atoms with van der Waals surface area (Å²) in [5.74, 6) is 0.969. The number of methoxy groups -OCH3 is 1. The molecule has 1 aromatic heterocycles. The number of nitrogens with one attached hydrogen (secondary N) is 2. The Morgan fingerprint density at radius 3 is 2.58 bits per heavy atom. The summed E-state index contributed by atoms with van der Waals surface area (Å²) in [7, 11) is -2.67. The highest BCUT2D eigenvalue weighted by atomic mass is 32.2. The fraction of sp³-hybridized carbons (Fsp3) is 0.273. The molecule has 3 aromatic rings. The van der Waals surface area contributed by atoms with Gasteiger partial charge < -0.3 is 18.7 Å². The Bertz CT molecular complexity index is 1300. The molecule has 11 heteroatoms. The van der Waals surface area contributed by atoms with E-state index in [2.05, 4.69) is 15.2 Å². The molecular formula is C22H23N3O7S.